The number of hydrogen-bond acceptors (Lipinski definition) is 2. The summed E-state index contributed by atoms with van der Waals surface area (Å²) in [6.45, 7) is 3.38. The topological polar surface area (TPSA) is 36.4 Å². The van der Waals surface area contributed by atoms with E-state index in [1.54, 1.807) is 30.5 Å². The van der Waals surface area contributed by atoms with Crippen LogP contribution in [0.1, 0.15) is 23.3 Å². The quantitative estimate of drug-likeness (QED) is 0.425. The van der Waals surface area contributed by atoms with Crippen LogP contribution in [0.2, 0.25) is 0 Å². The lowest BCUT2D eigenvalue weighted by Crippen LogP contribution is -2.38. The average Bonchev–Trinajstić information content (AvgIpc) is 3.03. The summed E-state index contributed by atoms with van der Waals surface area (Å²) in [5, 5.41) is 8.48. The summed E-state index contributed by atoms with van der Waals surface area (Å²) in [7, 11) is 1.71. The van der Waals surface area contributed by atoms with Crippen molar-refractivity contribution >= 4 is 41.3 Å². The van der Waals surface area contributed by atoms with Gasteiger partial charge in [-0.3, -0.25) is 4.99 Å². The Bertz CT molecular complexity index is 587. The van der Waals surface area contributed by atoms with Crippen LogP contribution in [-0.2, 0) is 6.54 Å². The summed E-state index contributed by atoms with van der Waals surface area (Å²) in [5.41, 5.74) is 0.631. The lowest BCUT2D eigenvalue weighted by atomic mass is 10.1. The smallest absolute Gasteiger partial charge is 0.191 e. The molecule has 0 radical (unpaired) electrons. The second kappa shape index (κ2) is 9.78. The van der Waals surface area contributed by atoms with Gasteiger partial charge >= 0.3 is 0 Å². The number of aliphatic imine (C=N–C) groups is 1. The Morgan fingerprint density at radius 3 is 2.64 bits per heavy atom. The third kappa shape index (κ3) is 5.57. The van der Waals surface area contributed by atoms with Crippen LogP contribution >= 0.6 is 35.3 Å². The first-order chi connectivity index (χ1) is 10.2. The molecule has 0 aliphatic heterocycles. The Kier molecular flexibility index (Phi) is 8.40. The van der Waals surface area contributed by atoms with Gasteiger partial charge in [0, 0.05) is 36.5 Å². The predicted octanol–water partition coefficient (Wildman–Crippen LogP) is 3.97. The SMILES string of the molecule is CN=C(NCc1ccccc1F)NCC(C)c1cccs1.I. The Hall–Kier alpha value is -1.15. The molecule has 120 valence electrons. The molecule has 0 bridgehead atoms. The molecule has 6 heteroatoms. The van der Waals surface area contributed by atoms with Crippen LogP contribution in [0.25, 0.3) is 0 Å². The fraction of sp³-hybridized carbons (Fsp3) is 0.312. The largest absolute Gasteiger partial charge is 0.356 e. The second-order valence-electron chi connectivity index (χ2n) is 4.81. The van der Waals surface area contributed by atoms with Crippen LogP contribution in [-0.4, -0.2) is 19.6 Å². The highest BCUT2D eigenvalue weighted by molar-refractivity contribution is 14.0. The standard InChI is InChI=1S/C16H20FN3S.HI/c1-12(15-8-5-9-21-15)10-19-16(18-2)20-11-13-6-3-4-7-14(13)17;/h3-9,12H,10-11H2,1-2H3,(H2,18,19,20);1H. The van der Waals surface area contributed by atoms with E-state index in [2.05, 4.69) is 40.1 Å². The zero-order chi connectivity index (χ0) is 15.1. The molecule has 0 amide bonds. The molecule has 2 aromatic rings. The van der Waals surface area contributed by atoms with Crippen molar-refractivity contribution in [1.29, 1.82) is 0 Å². The van der Waals surface area contributed by atoms with Crippen molar-refractivity contribution in [2.45, 2.75) is 19.4 Å². The highest BCUT2D eigenvalue weighted by atomic mass is 127. The van der Waals surface area contributed by atoms with Gasteiger partial charge in [0.2, 0.25) is 0 Å². The molecule has 0 saturated carbocycles. The Labute approximate surface area is 152 Å². The van der Waals surface area contributed by atoms with E-state index in [1.807, 2.05) is 6.07 Å². The van der Waals surface area contributed by atoms with Gasteiger partial charge in [-0.15, -0.1) is 35.3 Å². The van der Waals surface area contributed by atoms with Crippen molar-refractivity contribution in [3.05, 3.63) is 58.0 Å². The number of nitrogens with zero attached hydrogens (tertiary/aromatic N) is 1. The van der Waals surface area contributed by atoms with Crippen molar-refractivity contribution in [1.82, 2.24) is 10.6 Å². The Morgan fingerprint density at radius 2 is 2.00 bits per heavy atom. The molecule has 1 aromatic heterocycles. The number of benzene rings is 1. The van der Waals surface area contributed by atoms with Gasteiger partial charge in [0.1, 0.15) is 5.82 Å². The first-order valence-electron chi connectivity index (χ1n) is 6.92. The number of hydrogen-bond donors (Lipinski definition) is 2. The second-order valence-corrected chi connectivity index (χ2v) is 5.79. The number of rotatable bonds is 5. The van der Waals surface area contributed by atoms with E-state index >= 15 is 0 Å². The van der Waals surface area contributed by atoms with E-state index < -0.39 is 0 Å². The summed E-state index contributed by atoms with van der Waals surface area (Å²) in [6.07, 6.45) is 0. The van der Waals surface area contributed by atoms with Crippen LogP contribution < -0.4 is 10.6 Å². The molecule has 0 saturated heterocycles. The minimum absolute atomic E-state index is 0. The molecule has 1 atom stereocenters. The highest BCUT2D eigenvalue weighted by Crippen LogP contribution is 2.19. The predicted molar refractivity (Wildman–Crippen MR) is 103 cm³/mol. The molecule has 3 nitrogen and oxygen atoms in total. The summed E-state index contributed by atoms with van der Waals surface area (Å²) in [4.78, 5) is 5.50. The molecule has 2 N–H and O–H groups in total. The van der Waals surface area contributed by atoms with Gasteiger partial charge in [0.05, 0.1) is 0 Å². The van der Waals surface area contributed by atoms with Gasteiger partial charge in [-0.2, -0.15) is 0 Å². The average molecular weight is 433 g/mol. The first-order valence-corrected chi connectivity index (χ1v) is 7.80. The normalized spacial score (nSPS) is 12.4. The summed E-state index contributed by atoms with van der Waals surface area (Å²) in [5.74, 6) is 0.895. The zero-order valence-electron chi connectivity index (χ0n) is 12.7. The fourth-order valence-electron chi connectivity index (χ4n) is 1.96. The zero-order valence-corrected chi connectivity index (χ0v) is 15.8. The molecule has 22 heavy (non-hydrogen) atoms. The highest BCUT2D eigenvalue weighted by Gasteiger charge is 2.08. The van der Waals surface area contributed by atoms with Gasteiger partial charge in [0.25, 0.3) is 0 Å². The monoisotopic (exact) mass is 433 g/mol. The van der Waals surface area contributed by atoms with E-state index in [9.17, 15) is 4.39 Å². The van der Waals surface area contributed by atoms with E-state index in [4.69, 9.17) is 0 Å². The van der Waals surface area contributed by atoms with Gasteiger partial charge in [-0.1, -0.05) is 31.2 Å². The summed E-state index contributed by atoms with van der Waals surface area (Å²) in [6, 6.07) is 10.9. The van der Waals surface area contributed by atoms with Crippen molar-refractivity contribution in [3.63, 3.8) is 0 Å². The van der Waals surface area contributed by atoms with Gasteiger partial charge < -0.3 is 10.6 Å². The number of nitrogens with one attached hydrogen (secondary N) is 2. The minimum atomic E-state index is -0.201. The molecule has 1 unspecified atom stereocenters. The van der Waals surface area contributed by atoms with Gasteiger partial charge in [0.15, 0.2) is 5.96 Å². The third-order valence-electron chi connectivity index (χ3n) is 3.23. The Balaban J connectivity index is 0.00000242. The molecule has 0 aliphatic carbocycles. The number of halogens is 2. The molecule has 1 heterocycles. The van der Waals surface area contributed by atoms with E-state index in [0.717, 1.165) is 6.54 Å². The van der Waals surface area contributed by atoms with E-state index in [0.29, 0.717) is 24.0 Å². The molecule has 0 fully saturated rings. The van der Waals surface area contributed by atoms with Crippen LogP contribution in [0.4, 0.5) is 4.39 Å². The van der Waals surface area contributed by atoms with Crippen molar-refractivity contribution in [3.8, 4) is 0 Å². The number of thiophene rings is 1. The molecular formula is C16H21FIN3S. The minimum Gasteiger partial charge on any atom is -0.356 e. The fourth-order valence-corrected chi connectivity index (χ4v) is 2.75. The molecule has 0 aliphatic rings. The van der Waals surface area contributed by atoms with E-state index in [1.165, 1.54) is 10.9 Å². The molecule has 2 rings (SSSR count). The van der Waals surface area contributed by atoms with Crippen LogP contribution in [0.5, 0.6) is 0 Å². The van der Waals surface area contributed by atoms with Crippen molar-refractivity contribution < 1.29 is 4.39 Å². The number of guanidine groups is 1. The summed E-state index contributed by atoms with van der Waals surface area (Å²) < 4.78 is 13.5. The van der Waals surface area contributed by atoms with Gasteiger partial charge in [-0.05, 0) is 17.5 Å². The molecule has 0 spiro atoms. The Morgan fingerprint density at radius 1 is 1.23 bits per heavy atom. The molecule has 1 aromatic carbocycles. The van der Waals surface area contributed by atoms with Crippen molar-refractivity contribution in [2.75, 3.05) is 13.6 Å². The lowest BCUT2D eigenvalue weighted by Gasteiger charge is -2.15. The summed E-state index contributed by atoms with van der Waals surface area (Å²) >= 11 is 1.75. The maximum absolute atomic E-state index is 13.5. The van der Waals surface area contributed by atoms with Gasteiger partial charge in [-0.25, -0.2) is 4.39 Å². The molecular weight excluding hydrogens is 412 g/mol. The first kappa shape index (κ1) is 18.9. The maximum Gasteiger partial charge on any atom is 0.191 e. The van der Waals surface area contributed by atoms with E-state index in [-0.39, 0.29) is 29.8 Å². The van der Waals surface area contributed by atoms with Crippen LogP contribution in [0.3, 0.4) is 0 Å². The lowest BCUT2D eigenvalue weighted by molar-refractivity contribution is 0.604. The van der Waals surface area contributed by atoms with Crippen LogP contribution in [0.15, 0.2) is 46.8 Å². The maximum atomic E-state index is 13.5. The third-order valence-corrected chi connectivity index (χ3v) is 4.34. The van der Waals surface area contributed by atoms with Crippen molar-refractivity contribution in [2.24, 2.45) is 4.99 Å². The van der Waals surface area contributed by atoms with Crippen LogP contribution in [0, 0.1) is 5.82 Å².